The van der Waals surface area contributed by atoms with Crippen molar-refractivity contribution in [2.45, 2.75) is 5.60 Å². The monoisotopic (exact) mass is 454 g/mol. The number of phenolic OH excluding ortho intramolecular Hbond substituents is 1. The molecule has 0 atom stereocenters. The van der Waals surface area contributed by atoms with E-state index in [0.29, 0.717) is 21.2 Å². The lowest BCUT2D eigenvalue weighted by molar-refractivity contribution is -0.136. The molecule has 0 saturated carbocycles. The highest BCUT2D eigenvalue weighted by molar-refractivity contribution is 9.10. The van der Waals surface area contributed by atoms with E-state index in [1.807, 2.05) is 0 Å². The van der Waals surface area contributed by atoms with Crippen LogP contribution < -0.4 is 10.2 Å². The van der Waals surface area contributed by atoms with E-state index in [9.17, 15) is 15.0 Å². The summed E-state index contributed by atoms with van der Waals surface area (Å²) in [4.78, 5) is 13.0. The van der Waals surface area contributed by atoms with Crippen LogP contribution in [0.3, 0.4) is 0 Å². The van der Waals surface area contributed by atoms with Crippen LogP contribution in [0.5, 0.6) is 11.5 Å². The van der Waals surface area contributed by atoms with Gasteiger partial charge in [0.15, 0.2) is 17.1 Å². The fourth-order valence-electron chi connectivity index (χ4n) is 2.86. The quantitative estimate of drug-likeness (QED) is 0.392. The Balaban J connectivity index is 1.89. The van der Waals surface area contributed by atoms with E-state index in [-0.39, 0.29) is 11.5 Å². The van der Waals surface area contributed by atoms with Crippen molar-refractivity contribution in [1.82, 2.24) is 5.43 Å². The molecule has 0 aromatic heterocycles. The van der Waals surface area contributed by atoms with Crippen LogP contribution in [0.4, 0.5) is 0 Å². The van der Waals surface area contributed by atoms with Gasteiger partial charge in [-0.2, -0.15) is 5.10 Å². The summed E-state index contributed by atoms with van der Waals surface area (Å²) in [7, 11) is 1.43. The first kappa shape index (κ1) is 20.6. The molecule has 29 heavy (non-hydrogen) atoms. The molecular weight excluding hydrogens is 436 g/mol. The van der Waals surface area contributed by atoms with Gasteiger partial charge in [-0.3, -0.25) is 4.79 Å². The van der Waals surface area contributed by atoms with Gasteiger partial charge in [-0.25, -0.2) is 5.43 Å². The van der Waals surface area contributed by atoms with Crippen LogP contribution in [0.1, 0.15) is 16.7 Å². The van der Waals surface area contributed by atoms with Gasteiger partial charge >= 0.3 is 0 Å². The molecule has 0 heterocycles. The lowest BCUT2D eigenvalue weighted by atomic mass is 9.85. The molecule has 148 valence electrons. The van der Waals surface area contributed by atoms with Crippen LogP contribution in [0, 0.1) is 0 Å². The SMILES string of the molecule is COc1cc(/C=N\NC(=O)C(O)(c2ccccc2)c2ccccc2)cc(Br)c1O. The zero-order chi connectivity index (χ0) is 20.9. The summed E-state index contributed by atoms with van der Waals surface area (Å²) in [6.07, 6.45) is 1.39. The van der Waals surface area contributed by atoms with Crippen molar-refractivity contribution in [1.29, 1.82) is 0 Å². The topological polar surface area (TPSA) is 91.2 Å². The highest BCUT2D eigenvalue weighted by Crippen LogP contribution is 2.34. The molecule has 3 N–H and O–H groups in total. The van der Waals surface area contributed by atoms with Crippen LogP contribution in [-0.4, -0.2) is 29.4 Å². The minimum atomic E-state index is -1.91. The molecule has 3 aromatic carbocycles. The number of phenols is 1. The number of amides is 1. The summed E-state index contributed by atoms with van der Waals surface area (Å²) >= 11 is 3.23. The number of carbonyl (C=O) groups excluding carboxylic acids is 1. The Hall–Kier alpha value is -3.16. The van der Waals surface area contributed by atoms with Gasteiger partial charge in [0.2, 0.25) is 0 Å². The van der Waals surface area contributed by atoms with Crippen LogP contribution in [0.2, 0.25) is 0 Å². The molecule has 0 aliphatic rings. The maximum atomic E-state index is 13.0. The smallest absolute Gasteiger partial charge is 0.281 e. The number of hydrazone groups is 1. The minimum absolute atomic E-state index is 0.0313. The molecule has 0 aliphatic carbocycles. The average Bonchev–Trinajstić information content (AvgIpc) is 2.76. The normalized spacial score (nSPS) is 11.4. The van der Waals surface area contributed by atoms with E-state index in [1.54, 1.807) is 72.8 Å². The maximum absolute atomic E-state index is 13.0. The Morgan fingerprint density at radius 2 is 1.62 bits per heavy atom. The summed E-state index contributed by atoms with van der Waals surface area (Å²) < 4.78 is 5.52. The number of halogens is 1. The van der Waals surface area contributed by atoms with Gasteiger partial charge in [0.05, 0.1) is 17.8 Å². The number of carbonyl (C=O) groups is 1. The zero-order valence-electron chi connectivity index (χ0n) is 15.5. The van der Waals surface area contributed by atoms with E-state index >= 15 is 0 Å². The van der Waals surface area contributed by atoms with E-state index in [4.69, 9.17) is 4.74 Å². The molecule has 0 spiro atoms. The van der Waals surface area contributed by atoms with Crippen LogP contribution in [-0.2, 0) is 10.4 Å². The molecule has 0 fully saturated rings. The molecule has 6 nitrogen and oxygen atoms in total. The fraction of sp³-hybridized carbons (Fsp3) is 0.0909. The molecule has 0 unspecified atom stereocenters. The third-order valence-electron chi connectivity index (χ3n) is 4.36. The number of ether oxygens (including phenoxy) is 1. The van der Waals surface area contributed by atoms with E-state index < -0.39 is 11.5 Å². The van der Waals surface area contributed by atoms with Gasteiger partial charge in [0.25, 0.3) is 5.91 Å². The number of benzene rings is 3. The summed E-state index contributed by atoms with van der Waals surface area (Å²) in [6.45, 7) is 0. The van der Waals surface area contributed by atoms with Gasteiger partial charge in [-0.05, 0) is 44.8 Å². The van der Waals surface area contributed by atoms with Crippen LogP contribution in [0.15, 0.2) is 82.4 Å². The van der Waals surface area contributed by atoms with Gasteiger partial charge in [0.1, 0.15) is 0 Å². The number of rotatable bonds is 6. The van der Waals surface area contributed by atoms with Crippen molar-refractivity contribution >= 4 is 28.1 Å². The van der Waals surface area contributed by atoms with Crippen molar-refractivity contribution < 1.29 is 19.7 Å². The van der Waals surface area contributed by atoms with Crippen molar-refractivity contribution in [2.75, 3.05) is 7.11 Å². The molecule has 3 aromatic rings. The van der Waals surface area contributed by atoms with Crippen molar-refractivity contribution in [3.63, 3.8) is 0 Å². The third-order valence-corrected chi connectivity index (χ3v) is 4.97. The molecule has 0 bridgehead atoms. The maximum Gasteiger partial charge on any atom is 0.281 e. The summed E-state index contributed by atoms with van der Waals surface area (Å²) in [5.74, 6) is -0.468. The molecule has 1 amide bonds. The lowest BCUT2D eigenvalue weighted by Crippen LogP contribution is -2.43. The van der Waals surface area contributed by atoms with Crippen LogP contribution >= 0.6 is 15.9 Å². The Morgan fingerprint density at radius 3 is 2.14 bits per heavy atom. The fourth-order valence-corrected chi connectivity index (χ4v) is 3.32. The summed E-state index contributed by atoms with van der Waals surface area (Å²) in [6, 6.07) is 20.5. The second kappa shape index (κ2) is 8.89. The summed E-state index contributed by atoms with van der Waals surface area (Å²) in [5, 5.41) is 25.2. The number of nitrogens with zero attached hydrogens (tertiary/aromatic N) is 1. The molecule has 0 saturated heterocycles. The Bertz CT molecular complexity index is 984. The third kappa shape index (κ3) is 4.31. The summed E-state index contributed by atoms with van der Waals surface area (Å²) in [5.41, 5.74) is 1.92. The van der Waals surface area contributed by atoms with Crippen molar-refractivity contribution in [2.24, 2.45) is 5.10 Å². The second-order valence-corrected chi connectivity index (χ2v) is 7.05. The van der Waals surface area contributed by atoms with Crippen molar-refractivity contribution in [3.8, 4) is 11.5 Å². The molecular formula is C22H19BrN2O4. The number of hydrogen-bond donors (Lipinski definition) is 3. The Morgan fingerprint density at radius 1 is 1.07 bits per heavy atom. The van der Waals surface area contributed by atoms with Crippen LogP contribution in [0.25, 0.3) is 0 Å². The van der Waals surface area contributed by atoms with E-state index in [0.717, 1.165) is 0 Å². The number of aliphatic hydroxyl groups is 1. The zero-order valence-corrected chi connectivity index (χ0v) is 17.1. The predicted octanol–water partition coefficient (Wildman–Crippen LogP) is 3.55. The number of aromatic hydroxyl groups is 1. The van der Waals surface area contributed by atoms with Gasteiger partial charge < -0.3 is 14.9 Å². The molecule has 0 radical (unpaired) electrons. The van der Waals surface area contributed by atoms with Gasteiger partial charge in [-0.15, -0.1) is 0 Å². The first-order valence-corrected chi connectivity index (χ1v) is 9.49. The number of methoxy groups -OCH3 is 1. The highest BCUT2D eigenvalue weighted by Gasteiger charge is 2.39. The van der Waals surface area contributed by atoms with E-state index in [2.05, 4.69) is 26.5 Å². The van der Waals surface area contributed by atoms with Crippen molar-refractivity contribution in [3.05, 3.63) is 94.0 Å². The number of hydrogen-bond acceptors (Lipinski definition) is 5. The first-order valence-electron chi connectivity index (χ1n) is 8.70. The standard InChI is InChI=1S/C22H19BrN2O4/c1-29-19-13-15(12-18(23)20(19)26)14-24-25-21(27)22(28,16-8-4-2-5-9-16)17-10-6-3-7-11-17/h2-14,26,28H,1H3,(H,25,27)/b24-14-. The van der Waals surface area contributed by atoms with Gasteiger partial charge in [-0.1, -0.05) is 60.7 Å². The average molecular weight is 455 g/mol. The van der Waals surface area contributed by atoms with Gasteiger partial charge in [0, 0.05) is 0 Å². The predicted molar refractivity (Wildman–Crippen MR) is 114 cm³/mol. The largest absolute Gasteiger partial charge is 0.503 e. The minimum Gasteiger partial charge on any atom is -0.503 e. The Labute approximate surface area is 176 Å². The Kier molecular flexibility index (Phi) is 6.31. The second-order valence-electron chi connectivity index (χ2n) is 6.20. The highest BCUT2D eigenvalue weighted by atomic mass is 79.9. The lowest BCUT2D eigenvalue weighted by Gasteiger charge is -2.27. The molecule has 0 aliphatic heterocycles. The first-order chi connectivity index (χ1) is 14.0. The molecule has 3 rings (SSSR count). The molecule has 7 heteroatoms. The number of nitrogens with one attached hydrogen (secondary N) is 1. The van der Waals surface area contributed by atoms with E-state index in [1.165, 1.54) is 13.3 Å².